The zero-order valence-electron chi connectivity index (χ0n) is 11.9. The van der Waals surface area contributed by atoms with E-state index in [-0.39, 0.29) is 11.9 Å². The van der Waals surface area contributed by atoms with Crippen LogP contribution >= 0.6 is 0 Å². The van der Waals surface area contributed by atoms with Crippen LogP contribution in [-0.4, -0.2) is 20.7 Å². The quantitative estimate of drug-likeness (QED) is 0.801. The van der Waals surface area contributed by atoms with Gasteiger partial charge in [-0.2, -0.15) is 5.10 Å². The van der Waals surface area contributed by atoms with E-state index in [1.165, 1.54) is 0 Å². The highest BCUT2D eigenvalue weighted by molar-refractivity contribution is 6.06. The molecule has 5 nitrogen and oxygen atoms in total. The number of nitrogens with zero attached hydrogens (tertiary/aromatic N) is 3. The third-order valence-electron chi connectivity index (χ3n) is 3.50. The van der Waals surface area contributed by atoms with Crippen molar-refractivity contribution in [1.82, 2.24) is 20.1 Å². The smallest absolute Gasteiger partial charge is 0.252 e. The Labute approximate surface area is 122 Å². The summed E-state index contributed by atoms with van der Waals surface area (Å²) in [5.41, 5.74) is 1.64. The van der Waals surface area contributed by atoms with Gasteiger partial charge in [0.25, 0.3) is 5.91 Å². The maximum Gasteiger partial charge on any atom is 0.252 e. The van der Waals surface area contributed by atoms with Crippen molar-refractivity contribution in [3.05, 3.63) is 60.2 Å². The van der Waals surface area contributed by atoms with Crippen LogP contribution in [0.5, 0.6) is 0 Å². The van der Waals surface area contributed by atoms with Crippen molar-refractivity contribution in [1.29, 1.82) is 0 Å². The average molecular weight is 280 g/mol. The molecule has 21 heavy (non-hydrogen) atoms. The summed E-state index contributed by atoms with van der Waals surface area (Å²) in [5.74, 6) is -0.0943. The number of aromatic nitrogens is 3. The molecule has 5 heteroatoms. The average Bonchev–Trinajstić information content (AvgIpc) is 2.93. The molecule has 1 amide bonds. The summed E-state index contributed by atoms with van der Waals surface area (Å²) in [6, 6.07) is 7.41. The normalized spacial score (nSPS) is 12.3. The number of amides is 1. The molecule has 1 N–H and O–H groups in total. The molecule has 2 aromatic heterocycles. The van der Waals surface area contributed by atoms with E-state index in [9.17, 15) is 4.79 Å². The molecular formula is C16H16N4O. The van der Waals surface area contributed by atoms with E-state index in [1.54, 1.807) is 23.3 Å². The highest BCUT2D eigenvalue weighted by Crippen LogP contribution is 2.19. The van der Waals surface area contributed by atoms with Gasteiger partial charge in [-0.3, -0.25) is 14.5 Å². The van der Waals surface area contributed by atoms with Crippen LogP contribution in [0.2, 0.25) is 0 Å². The number of fused-ring (bicyclic) bond motifs is 1. The van der Waals surface area contributed by atoms with Crippen molar-refractivity contribution < 1.29 is 4.79 Å². The molecule has 1 atom stereocenters. The number of nitrogens with one attached hydrogen (secondary N) is 1. The molecule has 3 rings (SSSR count). The van der Waals surface area contributed by atoms with Crippen molar-refractivity contribution in [2.45, 2.75) is 13.0 Å². The Morgan fingerprint density at radius 3 is 2.90 bits per heavy atom. The van der Waals surface area contributed by atoms with Crippen LogP contribution in [0.1, 0.15) is 28.9 Å². The zero-order chi connectivity index (χ0) is 14.8. The number of hydrogen-bond acceptors (Lipinski definition) is 3. The lowest BCUT2D eigenvalue weighted by Gasteiger charge is -2.13. The topological polar surface area (TPSA) is 59.8 Å². The van der Waals surface area contributed by atoms with Gasteiger partial charge in [-0.25, -0.2) is 0 Å². The standard InChI is InChI=1S/C16H16N4O/c1-11(13-9-18-20(2)10-13)19-16(21)15-5-3-4-12-8-17-7-6-14(12)15/h3-11H,1-2H3,(H,19,21)/t11-/m1/s1. The van der Waals surface area contributed by atoms with Gasteiger partial charge in [0.15, 0.2) is 0 Å². The highest BCUT2D eigenvalue weighted by Gasteiger charge is 2.14. The first-order valence-electron chi connectivity index (χ1n) is 6.77. The Bertz CT molecular complexity index is 788. The molecule has 0 spiro atoms. The van der Waals surface area contributed by atoms with Crippen LogP contribution in [0, 0.1) is 0 Å². The van der Waals surface area contributed by atoms with E-state index in [0.717, 1.165) is 16.3 Å². The Balaban J connectivity index is 1.87. The van der Waals surface area contributed by atoms with Crippen LogP contribution < -0.4 is 5.32 Å². The van der Waals surface area contributed by atoms with Gasteiger partial charge in [0.05, 0.1) is 12.2 Å². The summed E-state index contributed by atoms with van der Waals surface area (Å²) in [7, 11) is 1.86. The van der Waals surface area contributed by atoms with Gasteiger partial charge in [0, 0.05) is 42.2 Å². The number of rotatable bonds is 3. The first-order chi connectivity index (χ1) is 10.1. The summed E-state index contributed by atoms with van der Waals surface area (Å²) in [5, 5.41) is 8.99. The molecular weight excluding hydrogens is 264 g/mol. The minimum Gasteiger partial charge on any atom is -0.345 e. The van der Waals surface area contributed by atoms with Gasteiger partial charge in [-0.1, -0.05) is 12.1 Å². The number of carbonyl (C=O) groups is 1. The second kappa shape index (κ2) is 5.36. The number of pyridine rings is 1. The molecule has 0 aliphatic heterocycles. The Hall–Kier alpha value is -2.69. The number of carbonyl (C=O) groups excluding carboxylic acids is 1. The van der Waals surface area contributed by atoms with Gasteiger partial charge in [0.1, 0.15) is 0 Å². The molecule has 3 aromatic rings. The molecule has 0 aliphatic rings. The van der Waals surface area contributed by atoms with Crippen LogP contribution in [-0.2, 0) is 7.05 Å². The van der Waals surface area contributed by atoms with E-state index in [2.05, 4.69) is 15.4 Å². The SMILES string of the molecule is C[C@@H](NC(=O)c1cccc2cnccc12)c1cnn(C)c1. The lowest BCUT2D eigenvalue weighted by atomic mass is 10.1. The lowest BCUT2D eigenvalue weighted by Crippen LogP contribution is -2.26. The van der Waals surface area contributed by atoms with Crippen LogP contribution in [0.15, 0.2) is 49.1 Å². The molecule has 0 bridgehead atoms. The van der Waals surface area contributed by atoms with E-state index in [0.29, 0.717) is 5.56 Å². The third-order valence-corrected chi connectivity index (χ3v) is 3.50. The summed E-state index contributed by atoms with van der Waals surface area (Å²) in [4.78, 5) is 16.6. The minimum absolute atomic E-state index is 0.0942. The van der Waals surface area contributed by atoms with Crippen molar-refractivity contribution in [3.63, 3.8) is 0 Å². The first-order valence-corrected chi connectivity index (χ1v) is 6.77. The Morgan fingerprint density at radius 1 is 1.29 bits per heavy atom. The fraction of sp³-hybridized carbons (Fsp3) is 0.188. The largest absolute Gasteiger partial charge is 0.345 e. The molecule has 1 aromatic carbocycles. The second-order valence-electron chi connectivity index (χ2n) is 5.04. The third kappa shape index (κ3) is 2.63. The fourth-order valence-corrected chi connectivity index (χ4v) is 2.34. The number of hydrogen-bond donors (Lipinski definition) is 1. The second-order valence-corrected chi connectivity index (χ2v) is 5.04. The molecule has 0 saturated heterocycles. The molecule has 106 valence electrons. The molecule has 0 saturated carbocycles. The van der Waals surface area contributed by atoms with E-state index >= 15 is 0 Å². The summed E-state index contributed by atoms with van der Waals surface area (Å²) in [6.07, 6.45) is 7.12. The van der Waals surface area contributed by atoms with Crippen LogP contribution in [0.25, 0.3) is 10.8 Å². The van der Waals surface area contributed by atoms with Gasteiger partial charge in [-0.15, -0.1) is 0 Å². The highest BCUT2D eigenvalue weighted by atomic mass is 16.1. The summed E-state index contributed by atoms with van der Waals surface area (Å²) in [6.45, 7) is 1.95. The Kier molecular flexibility index (Phi) is 3.39. The molecule has 0 unspecified atom stereocenters. The number of benzene rings is 1. The first kappa shape index (κ1) is 13.3. The van der Waals surface area contributed by atoms with Gasteiger partial charge in [0.2, 0.25) is 0 Å². The van der Waals surface area contributed by atoms with Gasteiger partial charge in [-0.05, 0) is 24.4 Å². The predicted molar refractivity (Wildman–Crippen MR) is 80.8 cm³/mol. The van der Waals surface area contributed by atoms with Crippen molar-refractivity contribution in [2.24, 2.45) is 7.05 Å². The summed E-state index contributed by atoms with van der Waals surface area (Å²) >= 11 is 0. The maximum atomic E-state index is 12.5. The van der Waals surface area contributed by atoms with E-state index < -0.39 is 0 Å². The minimum atomic E-state index is -0.0943. The predicted octanol–water partition coefficient (Wildman–Crippen LogP) is 2.46. The van der Waals surface area contributed by atoms with Crippen LogP contribution in [0.4, 0.5) is 0 Å². The maximum absolute atomic E-state index is 12.5. The summed E-state index contributed by atoms with van der Waals surface area (Å²) < 4.78 is 1.72. The zero-order valence-corrected chi connectivity index (χ0v) is 11.9. The number of aryl methyl sites for hydroxylation is 1. The van der Waals surface area contributed by atoms with E-state index in [1.807, 2.05) is 44.4 Å². The fourth-order valence-electron chi connectivity index (χ4n) is 2.34. The Morgan fingerprint density at radius 2 is 2.14 bits per heavy atom. The van der Waals surface area contributed by atoms with Crippen molar-refractivity contribution >= 4 is 16.7 Å². The van der Waals surface area contributed by atoms with Crippen molar-refractivity contribution in [2.75, 3.05) is 0 Å². The van der Waals surface area contributed by atoms with Gasteiger partial charge < -0.3 is 5.32 Å². The van der Waals surface area contributed by atoms with Crippen LogP contribution in [0.3, 0.4) is 0 Å². The molecule has 0 aliphatic carbocycles. The van der Waals surface area contributed by atoms with Gasteiger partial charge >= 0.3 is 0 Å². The van der Waals surface area contributed by atoms with E-state index in [4.69, 9.17) is 0 Å². The lowest BCUT2D eigenvalue weighted by molar-refractivity contribution is 0.0941. The molecule has 0 fully saturated rings. The monoisotopic (exact) mass is 280 g/mol. The molecule has 0 radical (unpaired) electrons. The van der Waals surface area contributed by atoms with Crippen molar-refractivity contribution in [3.8, 4) is 0 Å². The molecule has 2 heterocycles.